The summed E-state index contributed by atoms with van der Waals surface area (Å²) in [6.45, 7) is 2.10. The minimum atomic E-state index is -1.21. The van der Waals surface area contributed by atoms with Crippen LogP contribution < -0.4 is 10.6 Å². The largest absolute Gasteiger partial charge is 0.359 e. The lowest BCUT2D eigenvalue weighted by molar-refractivity contribution is -0.142. The molecule has 1 spiro atoms. The second kappa shape index (κ2) is 10.3. The van der Waals surface area contributed by atoms with Gasteiger partial charge in [-0.3, -0.25) is 14.4 Å². The number of amides is 3. The molecule has 2 aromatic carbocycles. The van der Waals surface area contributed by atoms with E-state index in [1.807, 2.05) is 37.3 Å². The summed E-state index contributed by atoms with van der Waals surface area (Å²) >= 11 is 12.4. The zero-order chi connectivity index (χ0) is 27.3. The topological polar surface area (TPSA) is 87.7 Å². The number of benzene rings is 2. The molecule has 2 N–H and O–H groups in total. The first-order valence-corrected chi connectivity index (χ1v) is 14.3. The van der Waals surface area contributed by atoms with E-state index < -0.39 is 29.6 Å². The molecule has 3 amide bonds. The van der Waals surface area contributed by atoms with Gasteiger partial charge in [0.05, 0.1) is 17.9 Å². The molecule has 9 heteroatoms. The molecule has 204 valence electrons. The molecular weight excluding hydrogens is 537 g/mol. The first-order valence-electron chi connectivity index (χ1n) is 13.6. The van der Waals surface area contributed by atoms with Crippen molar-refractivity contribution in [2.75, 3.05) is 5.32 Å². The van der Waals surface area contributed by atoms with Gasteiger partial charge in [-0.15, -0.1) is 0 Å². The minimum absolute atomic E-state index is 0.0714. The molecule has 1 saturated carbocycles. The summed E-state index contributed by atoms with van der Waals surface area (Å²) in [5.41, 5.74) is 1.08. The van der Waals surface area contributed by atoms with E-state index in [0.29, 0.717) is 15.7 Å². The Morgan fingerprint density at radius 2 is 1.79 bits per heavy atom. The summed E-state index contributed by atoms with van der Waals surface area (Å²) in [6.07, 6.45) is 8.21. The average molecular weight is 569 g/mol. The van der Waals surface area contributed by atoms with Crippen LogP contribution in [0.5, 0.6) is 0 Å². The minimum Gasteiger partial charge on any atom is -0.359 e. The van der Waals surface area contributed by atoms with Crippen LogP contribution in [0.2, 0.25) is 10.0 Å². The summed E-state index contributed by atoms with van der Waals surface area (Å²) < 4.78 is 6.44. The number of likely N-dealkylation sites (tertiary alicyclic amines) is 1. The van der Waals surface area contributed by atoms with E-state index in [1.54, 1.807) is 29.2 Å². The first-order chi connectivity index (χ1) is 18.8. The molecule has 2 bridgehead atoms. The van der Waals surface area contributed by atoms with Crippen molar-refractivity contribution in [1.82, 2.24) is 10.2 Å². The highest BCUT2D eigenvalue weighted by Gasteiger charge is 2.72. The van der Waals surface area contributed by atoms with Crippen LogP contribution in [0.25, 0.3) is 0 Å². The van der Waals surface area contributed by atoms with Crippen LogP contribution in [0.3, 0.4) is 0 Å². The zero-order valence-corrected chi connectivity index (χ0v) is 23.2. The average Bonchev–Trinajstić information content (AvgIpc) is 3.56. The Morgan fingerprint density at radius 1 is 1.05 bits per heavy atom. The zero-order valence-electron chi connectivity index (χ0n) is 21.7. The number of nitrogens with one attached hydrogen (secondary N) is 2. The number of carbonyl (C=O) groups excluding carboxylic acids is 3. The maximum Gasteiger partial charge on any atom is 0.246 e. The summed E-state index contributed by atoms with van der Waals surface area (Å²) in [5.74, 6) is -2.42. The van der Waals surface area contributed by atoms with E-state index in [4.69, 9.17) is 27.9 Å². The number of aryl methyl sites for hydroxylation is 1. The third-order valence-corrected chi connectivity index (χ3v) is 9.24. The van der Waals surface area contributed by atoms with E-state index in [9.17, 15) is 14.4 Å². The van der Waals surface area contributed by atoms with Gasteiger partial charge >= 0.3 is 0 Å². The Kier molecular flexibility index (Phi) is 6.94. The van der Waals surface area contributed by atoms with E-state index in [-0.39, 0.29) is 30.3 Å². The smallest absolute Gasteiger partial charge is 0.246 e. The van der Waals surface area contributed by atoms with Crippen molar-refractivity contribution in [2.45, 2.75) is 69.4 Å². The third kappa shape index (κ3) is 4.64. The number of hydrogen-bond donors (Lipinski definition) is 2. The molecule has 2 saturated heterocycles. The number of rotatable bonds is 6. The fourth-order valence-electron chi connectivity index (χ4n) is 6.65. The predicted octanol–water partition coefficient (Wildman–Crippen LogP) is 5.04. The fourth-order valence-corrected chi connectivity index (χ4v) is 6.95. The maximum absolute atomic E-state index is 14.1. The van der Waals surface area contributed by atoms with Crippen LogP contribution in [0.4, 0.5) is 5.69 Å². The van der Waals surface area contributed by atoms with Gasteiger partial charge in [-0.2, -0.15) is 0 Å². The Hall–Kier alpha value is -2.87. The van der Waals surface area contributed by atoms with Gasteiger partial charge in [0.25, 0.3) is 0 Å². The molecule has 3 aliphatic heterocycles. The number of anilines is 1. The number of ether oxygens (including phenoxy) is 1. The third-order valence-electron chi connectivity index (χ3n) is 8.58. The standard InChI is InChI=1S/C30H31Cl2N3O4/c1-17-7-12-21(15-22(17)32)34-27(36)24-23-13-14-30(39-23)25(24)29(38)35(16-18-8-10-19(31)11-9-18)26(30)28(37)33-20-5-3-2-4-6-20/h7-15,20,23-26H,2-6,16H2,1H3,(H,33,37)(H,34,36)/t23-,24+,25-,26-,30-/m1/s1. The maximum atomic E-state index is 14.1. The molecule has 5 atom stereocenters. The second-order valence-corrected chi connectivity index (χ2v) is 11.9. The van der Waals surface area contributed by atoms with Gasteiger partial charge in [0.2, 0.25) is 17.7 Å². The molecular formula is C30H31Cl2N3O4. The number of carbonyl (C=O) groups is 3. The van der Waals surface area contributed by atoms with Gasteiger partial charge in [-0.25, -0.2) is 0 Å². The van der Waals surface area contributed by atoms with Gasteiger partial charge in [0, 0.05) is 28.3 Å². The molecule has 0 aromatic heterocycles. The summed E-state index contributed by atoms with van der Waals surface area (Å²) in [6, 6.07) is 11.7. The van der Waals surface area contributed by atoms with Crippen molar-refractivity contribution >= 4 is 46.6 Å². The van der Waals surface area contributed by atoms with Crippen molar-refractivity contribution in [3.8, 4) is 0 Å². The molecule has 7 nitrogen and oxygen atoms in total. The molecule has 3 heterocycles. The number of hydrogen-bond acceptors (Lipinski definition) is 4. The van der Waals surface area contributed by atoms with Gasteiger partial charge in [0.1, 0.15) is 11.6 Å². The second-order valence-electron chi connectivity index (χ2n) is 11.1. The van der Waals surface area contributed by atoms with Crippen molar-refractivity contribution in [3.05, 3.63) is 75.8 Å². The summed E-state index contributed by atoms with van der Waals surface area (Å²) in [5, 5.41) is 7.26. The Bertz CT molecular complexity index is 1340. The summed E-state index contributed by atoms with van der Waals surface area (Å²) in [4.78, 5) is 43.3. The van der Waals surface area contributed by atoms with Crippen molar-refractivity contribution < 1.29 is 19.1 Å². The number of halogens is 2. The molecule has 39 heavy (non-hydrogen) atoms. The highest BCUT2D eigenvalue weighted by molar-refractivity contribution is 6.31. The van der Waals surface area contributed by atoms with Gasteiger partial charge in [0.15, 0.2) is 0 Å². The van der Waals surface area contributed by atoms with Crippen LogP contribution >= 0.6 is 23.2 Å². The fraction of sp³-hybridized carbons (Fsp3) is 0.433. The van der Waals surface area contributed by atoms with Crippen LogP contribution in [0.15, 0.2) is 54.6 Å². The molecule has 2 aromatic rings. The van der Waals surface area contributed by atoms with Crippen LogP contribution in [0.1, 0.15) is 43.2 Å². The number of nitrogens with zero attached hydrogens (tertiary/aromatic N) is 1. The number of fused-ring (bicyclic) bond motifs is 1. The normalized spacial score (nSPS) is 29.5. The van der Waals surface area contributed by atoms with Crippen LogP contribution in [-0.2, 0) is 25.7 Å². The quantitative estimate of drug-likeness (QED) is 0.478. The van der Waals surface area contributed by atoms with Gasteiger partial charge < -0.3 is 20.3 Å². The van der Waals surface area contributed by atoms with Gasteiger partial charge in [-0.1, -0.05) is 72.8 Å². The SMILES string of the molecule is Cc1ccc(NC(=O)[C@H]2[C@H]3C=C[C@@]4(O3)[C@H]2C(=O)N(Cc2ccc(Cl)cc2)[C@@H]4C(=O)NC2CCCCC2)cc1Cl. The molecule has 1 aliphatic carbocycles. The Balaban J connectivity index is 1.32. The predicted molar refractivity (Wildman–Crippen MR) is 149 cm³/mol. The molecule has 3 fully saturated rings. The lowest BCUT2D eigenvalue weighted by Crippen LogP contribution is -2.56. The van der Waals surface area contributed by atoms with Crippen LogP contribution in [0, 0.1) is 18.8 Å². The van der Waals surface area contributed by atoms with Crippen LogP contribution in [-0.4, -0.2) is 46.4 Å². The monoisotopic (exact) mass is 567 g/mol. The first kappa shape index (κ1) is 26.4. The van der Waals surface area contributed by atoms with E-state index in [0.717, 1.165) is 36.8 Å². The summed E-state index contributed by atoms with van der Waals surface area (Å²) in [7, 11) is 0. The lowest BCUT2D eigenvalue weighted by atomic mass is 9.74. The van der Waals surface area contributed by atoms with Crippen molar-refractivity contribution in [2.24, 2.45) is 11.8 Å². The van der Waals surface area contributed by atoms with Gasteiger partial charge in [-0.05, 0) is 55.2 Å². The molecule has 6 rings (SSSR count). The lowest BCUT2D eigenvalue weighted by Gasteiger charge is -2.34. The molecule has 0 unspecified atom stereocenters. The highest BCUT2D eigenvalue weighted by atomic mass is 35.5. The Morgan fingerprint density at radius 3 is 2.51 bits per heavy atom. The van der Waals surface area contributed by atoms with Crippen molar-refractivity contribution in [3.63, 3.8) is 0 Å². The molecule has 0 radical (unpaired) electrons. The highest BCUT2D eigenvalue weighted by Crippen LogP contribution is 2.55. The van der Waals surface area contributed by atoms with E-state index >= 15 is 0 Å². The van der Waals surface area contributed by atoms with Crippen molar-refractivity contribution in [1.29, 1.82) is 0 Å². The Labute approximate surface area is 237 Å². The van der Waals surface area contributed by atoms with E-state index in [2.05, 4.69) is 10.6 Å². The van der Waals surface area contributed by atoms with E-state index in [1.165, 1.54) is 6.42 Å². The molecule has 4 aliphatic rings.